The molecule has 1 aromatic rings. The van der Waals surface area contributed by atoms with Crippen molar-refractivity contribution in [2.24, 2.45) is 0 Å². The van der Waals surface area contributed by atoms with Gasteiger partial charge >= 0.3 is 0 Å². The Bertz CT molecular complexity index is 229. The highest BCUT2D eigenvalue weighted by atomic mass is 35.5. The van der Waals surface area contributed by atoms with Gasteiger partial charge in [-0.1, -0.05) is 30.3 Å². The molecule has 0 fully saturated rings. The lowest BCUT2D eigenvalue weighted by Crippen LogP contribution is -2.26. The topological polar surface area (TPSA) is 15.3 Å². The first-order valence-electron chi connectivity index (χ1n) is 4.70. The molecule has 0 atom stereocenters. The van der Waals surface area contributed by atoms with E-state index in [1.54, 1.807) is 0 Å². The van der Waals surface area contributed by atoms with Crippen LogP contribution in [0.4, 0.5) is 0 Å². The molecule has 88 valence electrons. The highest BCUT2D eigenvalue weighted by molar-refractivity contribution is 5.85. The van der Waals surface area contributed by atoms with Crippen molar-refractivity contribution in [1.29, 1.82) is 0 Å². The van der Waals surface area contributed by atoms with E-state index >= 15 is 0 Å². The molecule has 2 nitrogen and oxygen atoms in total. The fourth-order valence-corrected chi connectivity index (χ4v) is 1.28. The molecule has 0 saturated heterocycles. The van der Waals surface area contributed by atoms with Gasteiger partial charge in [0.05, 0.1) is 0 Å². The van der Waals surface area contributed by atoms with Crippen molar-refractivity contribution in [2.45, 2.75) is 6.54 Å². The van der Waals surface area contributed by atoms with Crippen LogP contribution < -0.4 is 5.32 Å². The van der Waals surface area contributed by atoms with Gasteiger partial charge in [0.15, 0.2) is 0 Å². The van der Waals surface area contributed by atoms with Gasteiger partial charge in [-0.3, -0.25) is 0 Å². The van der Waals surface area contributed by atoms with E-state index in [1.807, 2.05) is 7.05 Å². The lowest BCUT2D eigenvalue weighted by Gasteiger charge is -2.15. The zero-order chi connectivity index (χ0) is 9.52. The summed E-state index contributed by atoms with van der Waals surface area (Å²) in [6, 6.07) is 10.5. The van der Waals surface area contributed by atoms with Crippen molar-refractivity contribution in [3.8, 4) is 0 Å². The van der Waals surface area contributed by atoms with Crippen LogP contribution in [-0.4, -0.2) is 32.1 Å². The first kappa shape index (κ1) is 17.1. The number of rotatable bonds is 5. The van der Waals surface area contributed by atoms with Gasteiger partial charge in [-0.2, -0.15) is 0 Å². The van der Waals surface area contributed by atoms with Crippen LogP contribution in [0.15, 0.2) is 30.3 Å². The molecule has 0 amide bonds. The molecule has 1 aromatic carbocycles. The van der Waals surface area contributed by atoms with Gasteiger partial charge in [0.2, 0.25) is 0 Å². The third-order valence-electron chi connectivity index (χ3n) is 2.04. The molecule has 0 bridgehead atoms. The Labute approximate surface area is 105 Å². The molecule has 15 heavy (non-hydrogen) atoms. The summed E-state index contributed by atoms with van der Waals surface area (Å²) in [7, 11) is 4.13. The van der Waals surface area contributed by atoms with E-state index < -0.39 is 0 Å². The average Bonchev–Trinajstić information content (AvgIpc) is 2.16. The number of likely N-dealkylation sites (N-methyl/N-ethyl adjacent to an activating group) is 2. The zero-order valence-electron chi connectivity index (χ0n) is 9.27. The van der Waals surface area contributed by atoms with Crippen LogP contribution in [0.25, 0.3) is 0 Å². The Hall–Kier alpha value is -0.280. The molecule has 0 aliphatic heterocycles. The largest absolute Gasteiger partial charge is 0.318 e. The fraction of sp³-hybridized carbons (Fsp3) is 0.455. The van der Waals surface area contributed by atoms with Gasteiger partial charge in [0.25, 0.3) is 0 Å². The van der Waals surface area contributed by atoms with Gasteiger partial charge in [0.1, 0.15) is 0 Å². The third kappa shape index (κ3) is 7.63. The Balaban J connectivity index is 0. The molecule has 0 aliphatic carbocycles. The smallest absolute Gasteiger partial charge is 0.0231 e. The van der Waals surface area contributed by atoms with E-state index in [0.29, 0.717) is 0 Å². The van der Waals surface area contributed by atoms with E-state index in [2.05, 4.69) is 47.6 Å². The zero-order valence-corrected chi connectivity index (χ0v) is 10.9. The molecule has 4 heteroatoms. The summed E-state index contributed by atoms with van der Waals surface area (Å²) in [5.41, 5.74) is 1.38. The molecule has 0 saturated carbocycles. The van der Waals surface area contributed by atoms with Crippen LogP contribution in [0, 0.1) is 0 Å². The fourth-order valence-electron chi connectivity index (χ4n) is 1.28. The maximum Gasteiger partial charge on any atom is 0.0231 e. The Morgan fingerprint density at radius 3 is 2.27 bits per heavy atom. The van der Waals surface area contributed by atoms with E-state index in [-0.39, 0.29) is 24.8 Å². The number of nitrogens with zero attached hydrogens (tertiary/aromatic N) is 1. The van der Waals surface area contributed by atoms with Crippen molar-refractivity contribution in [3.63, 3.8) is 0 Å². The van der Waals surface area contributed by atoms with Crippen LogP contribution >= 0.6 is 24.8 Å². The van der Waals surface area contributed by atoms with Crippen molar-refractivity contribution in [3.05, 3.63) is 35.9 Å². The van der Waals surface area contributed by atoms with Gasteiger partial charge < -0.3 is 10.2 Å². The Kier molecular flexibility index (Phi) is 11.7. The summed E-state index contributed by atoms with van der Waals surface area (Å²) in [4.78, 5) is 2.31. The van der Waals surface area contributed by atoms with E-state index in [0.717, 1.165) is 19.6 Å². The molecular formula is C11H20Cl2N2. The number of hydrogen-bond acceptors (Lipinski definition) is 2. The molecule has 1 rings (SSSR count). The van der Waals surface area contributed by atoms with Crippen LogP contribution in [-0.2, 0) is 6.54 Å². The number of hydrogen-bond donors (Lipinski definition) is 1. The van der Waals surface area contributed by atoms with Gasteiger partial charge in [-0.25, -0.2) is 0 Å². The number of nitrogens with one attached hydrogen (secondary N) is 1. The molecule has 0 radical (unpaired) electrons. The molecule has 0 unspecified atom stereocenters. The standard InChI is InChI=1S/C11H18N2.2ClH/c1-12-8-9-13(2)10-11-6-4-3-5-7-11;;/h3-7,12H,8-10H2,1-2H3;2*1H. The highest BCUT2D eigenvalue weighted by Crippen LogP contribution is 2.01. The third-order valence-corrected chi connectivity index (χ3v) is 2.04. The summed E-state index contributed by atoms with van der Waals surface area (Å²) in [6.45, 7) is 3.16. The first-order valence-corrected chi connectivity index (χ1v) is 4.70. The molecule has 0 aromatic heterocycles. The van der Waals surface area contributed by atoms with E-state index in [1.165, 1.54) is 5.56 Å². The summed E-state index contributed by atoms with van der Waals surface area (Å²) in [5, 5.41) is 3.14. The predicted molar refractivity (Wildman–Crippen MR) is 71.2 cm³/mol. The molecule has 0 spiro atoms. The van der Waals surface area contributed by atoms with Crippen molar-refractivity contribution in [2.75, 3.05) is 27.2 Å². The molecule has 1 N–H and O–H groups in total. The normalized spacial score (nSPS) is 9.27. The van der Waals surface area contributed by atoms with E-state index in [9.17, 15) is 0 Å². The molecular weight excluding hydrogens is 231 g/mol. The summed E-state index contributed by atoms with van der Waals surface area (Å²) in [5.74, 6) is 0. The first-order chi connectivity index (χ1) is 6.33. The number of benzene rings is 1. The monoisotopic (exact) mass is 250 g/mol. The second kappa shape index (κ2) is 10.2. The molecule has 0 heterocycles. The maximum atomic E-state index is 3.14. The lowest BCUT2D eigenvalue weighted by atomic mass is 10.2. The Morgan fingerprint density at radius 2 is 1.73 bits per heavy atom. The minimum Gasteiger partial charge on any atom is -0.318 e. The van der Waals surface area contributed by atoms with Gasteiger partial charge in [0, 0.05) is 19.6 Å². The van der Waals surface area contributed by atoms with Crippen molar-refractivity contribution >= 4 is 24.8 Å². The SMILES string of the molecule is CNCCN(C)Cc1ccccc1.Cl.Cl. The summed E-state index contributed by atoms with van der Waals surface area (Å²) in [6.07, 6.45) is 0. The lowest BCUT2D eigenvalue weighted by molar-refractivity contribution is 0.328. The highest BCUT2D eigenvalue weighted by Gasteiger charge is 1.97. The summed E-state index contributed by atoms with van der Waals surface area (Å²) < 4.78 is 0. The minimum absolute atomic E-state index is 0. The van der Waals surface area contributed by atoms with Crippen LogP contribution in [0.2, 0.25) is 0 Å². The molecule has 0 aliphatic rings. The average molecular weight is 251 g/mol. The summed E-state index contributed by atoms with van der Waals surface area (Å²) >= 11 is 0. The van der Waals surface area contributed by atoms with Crippen LogP contribution in [0.1, 0.15) is 5.56 Å². The second-order valence-corrected chi connectivity index (χ2v) is 3.33. The van der Waals surface area contributed by atoms with E-state index in [4.69, 9.17) is 0 Å². The Morgan fingerprint density at radius 1 is 1.13 bits per heavy atom. The van der Waals surface area contributed by atoms with Crippen LogP contribution in [0.3, 0.4) is 0 Å². The maximum absolute atomic E-state index is 3.14. The predicted octanol–water partition coefficient (Wildman–Crippen LogP) is 2.18. The van der Waals surface area contributed by atoms with Crippen molar-refractivity contribution < 1.29 is 0 Å². The quantitative estimate of drug-likeness (QED) is 0.862. The number of halogens is 2. The minimum atomic E-state index is 0. The second-order valence-electron chi connectivity index (χ2n) is 3.33. The van der Waals surface area contributed by atoms with Gasteiger partial charge in [-0.15, -0.1) is 24.8 Å². The van der Waals surface area contributed by atoms with Crippen molar-refractivity contribution in [1.82, 2.24) is 10.2 Å². The van der Waals surface area contributed by atoms with Crippen LogP contribution in [0.5, 0.6) is 0 Å². The van der Waals surface area contributed by atoms with Gasteiger partial charge in [-0.05, 0) is 19.7 Å².